The van der Waals surface area contributed by atoms with Gasteiger partial charge in [-0.05, 0) is 43.4 Å². The van der Waals surface area contributed by atoms with Crippen molar-refractivity contribution >= 4 is 40.0 Å². The first-order chi connectivity index (χ1) is 38.7. The number of methoxy groups -OCH3 is 1. The first-order valence-electron chi connectivity index (χ1n) is 28.4. The van der Waals surface area contributed by atoms with Crippen LogP contribution in [0.2, 0.25) is 0 Å². The van der Waals surface area contributed by atoms with Crippen molar-refractivity contribution in [3.8, 4) is 17.2 Å². The molecule has 4 unspecified atom stereocenters. The van der Waals surface area contributed by atoms with E-state index < -0.39 is 77.3 Å². The zero-order valence-electron chi connectivity index (χ0n) is 47.8. The summed E-state index contributed by atoms with van der Waals surface area (Å²) in [6.07, 6.45) is 5.01. The Bertz CT molecular complexity index is 3180. The SMILES string of the molecule is COCC1/C=C/OC2(C)Oc3c(C)c(O)c4c(O)c(c5c(c4c3C2=O)=NC2(CCN(CC(C)C)CC2)N=5)NC(=O)/C(C)=C\C=C\C(C)[C@H](O)CC(O)[C@@H](C)[C@H](OC(=O)CC(=O)N2CCN(C(c3ccccc3)c3ccccc3)CC2)C1. The second kappa shape index (κ2) is 24.6. The number of nitrogens with one attached hydrogen (secondary N) is 1. The number of anilines is 1. The highest BCUT2D eigenvalue weighted by Crippen LogP contribution is 2.50. The standard InChI is InChI=1S/C63H78N6O12/c1-37(2)35-67-25-23-63(24-26-67)65-53-50-51-57(74)41(6)59-52(50)60(76)62(7,81-59)79-31-22-42(36-78-8)32-47(40(5)46(71)33-45(70)38(3)16-15-17-39(4)61(77)64-55(58(51)75)54(53)66-63)80-49(73)34-48(72)68-27-29-69(30-28-68)56(43-18-11-9-12-19-43)44-20-13-10-14-21-44/h9-22,31,37-38,40,42,45-47,56,70-71,74-75H,23-30,32-36H2,1-8H3,(H,64,77)/b16-15+,31-22+,39-17-/t38?,40-,42?,45-,46?,47-,62?/m1/s1. The molecule has 0 radical (unpaired) electrons. The Morgan fingerprint density at radius 3 is 2.11 bits per heavy atom. The van der Waals surface area contributed by atoms with Crippen molar-refractivity contribution in [2.45, 2.75) is 116 Å². The van der Waals surface area contributed by atoms with Crippen LogP contribution in [-0.4, -0.2) is 148 Å². The second-order valence-corrected chi connectivity index (χ2v) is 23.1. The van der Waals surface area contributed by atoms with Crippen molar-refractivity contribution in [3.63, 3.8) is 0 Å². The number of aliphatic hydroxyl groups excluding tert-OH is 2. The van der Waals surface area contributed by atoms with Gasteiger partial charge in [-0.15, -0.1) is 0 Å². The fourth-order valence-electron chi connectivity index (χ4n) is 11.9. The van der Waals surface area contributed by atoms with Crippen molar-refractivity contribution < 1.29 is 58.6 Å². The van der Waals surface area contributed by atoms with Crippen LogP contribution in [0.1, 0.15) is 107 Å². The number of benzene rings is 4. The minimum Gasteiger partial charge on any atom is -0.507 e. The summed E-state index contributed by atoms with van der Waals surface area (Å²) in [4.78, 5) is 73.7. The number of aliphatic hydroxyl groups is 2. The molecule has 4 aromatic rings. The van der Waals surface area contributed by atoms with Crippen molar-refractivity contribution in [3.05, 3.63) is 130 Å². The first-order valence-corrected chi connectivity index (χ1v) is 28.4. The van der Waals surface area contributed by atoms with E-state index in [0.717, 1.165) is 17.7 Å². The molecule has 0 aliphatic carbocycles. The average molecular weight is 1110 g/mol. The number of likely N-dealkylation sites (tertiary alicyclic amines) is 1. The van der Waals surface area contributed by atoms with E-state index >= 15 is 4.79 Å². The van der Waals surface area contributed by atoms with Gasteiger partial charge >= 0.3 is 11.8 Å². The highest BCUT2D eigenvalue weighted by molar-refractivity contribution is 6.19. The number of amides is 2. The van der Waals surface area contributed by atoms with Crippen LogP contribution in [0.3, 0.4) is 0 Å². The number of allylic oxidation sites excluding steroid dienone is 2. The van der Waals surface area contributed by atoms with E-state index in [1.807, 2.05) is 36.4 Å². The molecule has 18 heteroatoms. The van der Waals surface area contributed by atoms with Gasteiger partial charge in [0.15, 0.2) is 11.4 Å². The largest absolute Gasteiger partial charge is 0.507 e. The number of phenolic OH excluding ortho intramolecular Hbond substituents is 2. The molecule has 6 heterocycles. The Morgan fingerprint density at radius 2 is 1.48 bits per heavy atom. The molecule has 2 saturated heterocycles. The zero-order chi connectivity index (χ0) is 57.9. The molecular weight excluding hydrogens is 1030 g/mol. The van der Waals surface area contributed by atoms with Crippen LogP contribution < -0.4 is 20.8 Å². The maximum Gasteiger partial charge on any atom is 0.315 e. The number of hydrogen-bond donors (Lipinski definition) is 5. The van der Waals surface area contributed by atoms with Crippen molar-refractivity contribution in [2.24, 2.45) is 33.7 Å². The molecule has 2 fully saturated rings. The Labute approximate surface area is 473 Å². The highest BCUT2D eigenvalue weighted by Gasteiger charge is 2.50. The molecule has 6 aliphatic heterocycles. The molecule has 81 heavy (non-hydrogen) atoms. The van der Waals surface area contributed by atoms with E-state index in [-0.39, 0.29) is 86.8 Å². The number of fused-ring (bicyclic) bond motifs is 13. The third-order valence-corrected chi connectivity index (χ3v) is 16.7. The number of piperazine rings is 1. The van der Waals surface area contributed by atoms with Gasteiger partial charge in [0.1, 0.15) is 35.1 Å². The van der Waals surface area contributed by atoms with Crippen LogP contribution in [0, 0.1) is 30.6 Å². The normalized spacial score (nSPS) is 27.0. The lowest BCUT2D eigenvalue weighted by molar-refractivity contribution is -0.159. The van der Waals surface area contributed by atoms with Crippen LogP contribution in [-0.2, 0) is 28.6 Å². The molecule has 7 atom stereocenters. The van der Waals surface area contributed by atoms with E-state index in [4.69, 9.17) is 28.9 Å². The molecule has 2 amide bonds. The molecule has 4 aromatic carbocycles. The summed E-state index contributed by atoms with van der Waals surface area (Å²) < 4.78 is 24.4. The molecule has 0 aromatic heterocycles. The van der Waals surface area contributed by atoms with Crippen molar-refractivity contribution in [1.29, 1.82) is 0 Å². The summed E-state index contributed by atoms with van der Waals surface area (Å²) in [5, 5.41) is 50.8. The van der Waals surface area contributed by atoms with Gasteiger partial charge in [0.2, 0.25) is 5.91 Å². The summed E-state index contributed by atoms with van der Waals surface area (Å²) in [5.41, 5.74) is 1.61. The van der Waals surface area contributed by atoms with Gasteiger partial charge < -0.3 is 54.5 Å². The lowest BCUT2D eigenvalue weighted by atomic mass is 9.86. The molecule has 6 aliphatic rings. The van der Waals surface area contributed by atoms with Gasteiger partial charge in [-0.3, -0.25) is 34.1 Å². The molecular formula is C63H78N6O12. The van der Waals surface area contributed by atoms with E-state index in [1.165, 1.54) is 20.3 Å². The lowest BCUT2D eigenvalue weighted by Gasteiger charge is -2.39. The topological polar surface area (TPSA) is 233 Å². The fourth-order valence-corrected chi connectivity index (χ4v) is 11.9. The predicted molar refractivity (Wildman–Crippen MR) is 305 cm³/mol. The molecule has 10 rings (SSSR count). The number of carbonyl (C=O) groups is 4. The quantitative estimate of drug-likeness (QED) is 0.0624. The summed E-state index contributed by atoms with van der Waals surface area (Å²) in [7, 11) is 1.51. The van der Waals surface area contributed by atoms with Gasteiger partial charge in [-0.2, -0.15) is 0 Å². The van der Waals surface area contributed by atoms with E-state index in [0.29, 0.717) is 58.0 Å². The van der Waals surface area contributed by atoms with Gasteiger partial charge in [0.05, 0.1) is 47.4 Å². The minimum atomic E-state index is -2.01. The smallest absolute Gasteiger partial charge is 0.315 e. The van der Waals surface area contributed by atoms with Crippen LogP contribution in [0.4, 0.5) is 5.69 Å². The number of piperidine rings is 1. The summed E-state index contributed by atoms with van der Waals surface area (Å²) in [5.74, 6) is -6.67. The molecule has 1 spiro atoms. The van der Waals surface area contributed by atoms with Gasteiger partial charge in [-0.25, -0.2) is 0 Å². The number of ketones is 1. The number of carbonyl (C=O) groups excluding carboxylic acids is 4. The number of ether oxygens (including phenoxy) is 4. The Hall–Kier alpha value is -6.96. The third kappa shape index (κ3) is 12.5. The molecule has 18 nitrogen and oxygen atoms in total. The molecule has 0 saturated carbocycles. The Morgan fingerprint density at radius 1 is 0.840 bits per heavy atom. The fraction of sp³-hybridized carbons (Fsp3) is 0.492. The van der Waals surface area contributed by atoms with Gasteiger partial charge in [0, 0.05) is 113 Å². The maximum absolute atomic E-state index is 15.0. The van der Waals surface area contributed by atoms with Crippen LogP contribution in [0.5, 0.6) is 17.2 Å². The minimum absolute atomic E-state index is 0.0168. The van der Waals surface area contributed by atoms with E-state index in [2.05, 4.69) is 53.2 Å². The number of hydrogen-bond acceptors (Lipinski definition) is 16. The number of esters is 1. The monoisotopic (exact) mass is 1110 g/mol. The maximum atomic E-state index is 15.0. The van der Waals surface area contributed by atoms with Crippen LogP contribution in [0.25, 0.3) is 10.8 Å². The van der Waals surface area contributed by atoms with Crippen LogP contribution in [0.15, 0.2) is 107 Å². The van der Waals surface area contributed by atoms with Crippen molar-refractivity contribution in [1.82, 2.24) is 14.7 Å². The number of aromatic hydroxyl groups is 2. The van der Waals surface area contributed by atoms with Crippen molar-refractivity contribution in [2.75, 3.05) is 64.8 Å². The summed E-state index contributed by atoms with van der Waals surface area (Å²) in [6.45, 7) is 16.7. The highest BCUT2D eigenvalue weighted by atomic mass is 16.7. The molecule has 5 N–H and O–H groups in total. The van der Waals surface area contributed by atoms with E-state index in [9.17, 15) is 34.8 Å². The second-order valence-electron chi connectivity index (χ2n) is 23.1. The third-order valence-electron chi connectivity index (χ3n) is 16.7. The van der Waals surface area contributed by atoms with Crippen LogP contribution >= 0.6 is 0 Å². The van der Waals surface area contributed by atoms with Gasteiger partial charge in [-0.1, -0.05) is 107 Å². The van der Waals surface area contributed by atoms with E-state index in [1.54, 1.807) is 56.9 Å². The Kier molecular flexibility index (Phi) is 17.8. The predicted octanol–water partition coefficient (Wildman–Crippen LogP) is 6.81. The first kappa shape index (κ1) is 58.7. The number of nitrogens with zero attached hydrogens (tertiary/aromatic N) is 5. The number of phenols is 2. The average Bonchev–Trinajstić information content (AvgIpc) is 3.54. The van der Waals surface area contributed by atoms with Gasteiger partial charge in [0.25, 0.3) is 11.7 Å². The molecule has 5 bridgehead atoms. The zero-order valence-corrected chi connectivity index (χ0v) is 47.8. The Balaban J connectivity index is 1.01. The molecule has 432 valence electrons. The number of rotatable bonds is 10. The lowest BCUT2D eigenvalue weighted by Crippen LogP contribution is -2.50. The summed E-state index contributed by atoms with van der Waals surface area (Å²) >= 11 is 0. The number of Topliss-reactive ketones (excluding diaryl/α,β-unsaturated/α-hetero) is 1. The summed E-state index contributed by atoms with van der Waals surface area (Å²) in [6, 6.07) is 20.4.